The first-order valence-corrected chi connectivity index (χ1v) is 6.97. The van der Waals surface area contributed by atoms with E-state index in [4.69, 9.17) is 0 Å². The van der Waals surface area contributed by atoms with Crippen LogP contribution in [0.15, 0.2) is 18.2 Å². The molecule has 1 fully saturated rings. The van der Waals surface area contributed by atoms with Gasteiger partial charge in [0, 0.05) is 35.2 Å². The quantitative estimate of drug-likeness (QED) is 0.856. The third kappa shape index (κ3) is 3.67. The lowest BCUT2D eigenvalue weighted by Crippen LogP contribution is -2.37. The van der Waals surface area contributed by atoms with Crippen molar-refractivity contribution < 1.29 is 4.79 Å². The number of carbonyl (C=O) groups excluding carboxylic acids is 1. The number of nitrogens with one attached hydrogen (secondary N) is 1. The number of nitrogens with zero attached hydrogens (tertiary/aromatic N) is 1. The zero-order valence-electron chi connectivity index (χ0n) is 10.0. The average molecular weight is 344 g/mol. The van der Waals surface area contributed by atoms with Gasteiger partial charge in [0.1, 0.15) is 5.78 Å². The van der Waals surface area contributed by atoms with Gasteiger partial charge in [-0.25, -0.2) is 0 Å². The fourth-order valence-electron chi connectivity index (χ4n) is 1.87. The fraction of sp³-hybridized carbons (Fsp3) is 0.462. The zero-order valence-corrected chi connectivity index (χ0v) is 12.2. The number of hydrogen-bond acceptors (Lipinski definition) is 3. The predicted octanol–water partition coefficient (Wildman–Crippen LogP) is 2.63. The van der Waals surface area contributed by atoms with Crippen LogP contribution >= 0.6 is 22.6 Å². The Bertz CT molecular complexity index is 410. The molecule has 1 aliphatic rings. The monoisotopic (exact) mass is 344 g/mol. The topological polar surface area (TPSA) is 32.3 Å². The van der Waals surface area contributed by atoms with Gasteiger partial charge in [0.2, 0.25) is 0 Å². The number of likely N-dealkylation sites (tertiary alicyclic amines) is 1. The Kier molecular flexibility index (Phi) is 4.39. The normalized spacial score (nSPS) is 17.2. The van der Waals surface area contributed by atoms with Crippen molar-refractivity contribution in [2.75, 3.05) is 25.1 Å². The maximum atomic E-state index is 11.1. The standard InChI is InChI=1S/C13H17IN2O/c1-10-2-3-11(8-13(10)14)15-9-16-6-4-12(17)5-7-16/h2-3,8,15H,4-7,9H2,1H3. The van der Waals surface area contributed by atoms with Crippen LogP contribution in [-0.4, -0.2) is 30.4 Å². The first-order valence-electron chi connectivity index (χ1n) is 5.89. The molecule has 1 saturated heterocycles. The second kappa shape index (κ2) is 5.82. The van der Waals surface area contributed by atoms with E-state index >= 15 is 0 Å². The van der Waals surface area contributed by atoms with Gasteiger partial charge in [-0.2, -0.15) is 0 Å². The molecule has 0 aromatic heterocycles. The molecule has 0 saturated carbocycles. The van der Waals surface area contributed by atoms with E-state index in [1.54, 1.807) is 0 Å². The van der Waals surface area contributed by atoms with Gasteiger partial charge in [0.25, 0.3) is 0 Å². The Hall–Kier alpha value is -0.620. The molecule has 0 spiro atoms. The Morgan fingerprint density at radius 2 is 2.06 bits per heavy atom. The van der Waals surface area contributed by atoms with Gasteiger partial charge in [0.05, 0.1) is 6.67 Å². The number of anilines is 1. The first-order chi connectivity index (χ1) is 8.15. The van der Waals surface area contributed by atoms with E-state index in [2.05, 4.69) is 57.9 Å². The fourth-order valence-corrected chi connectivity index (χ4v) is 2.38. The maximum absolute atomic E-state index is 11.1. The number of rotatable bonds is 3. The van der Waals surface area contributed by atoms with Gasteiger partial charge < -0.3 is 5.32 Å². The van der Waals surface area contributed by atoms with Crippen molar-refractivity contribution >= 4 is 34.1 Å². The van der Waals surface area contributed by atoms with Crippen molar-refractivity contribution in [1.29, 1.82) is 0 Å². The molecule has 4 heteroatoms. The molecule has 0 aliphatic carbocycles. The number of piperidine rings is 1. The molecule has 0 bridgehead atoms. The summed E-state index contributed by atoms with van der Waals surface area (Å²) < 4.78 is 1.28. The van der Waals surface area contributed by atoms with E-state index in [0.29, 0.717) is 18.6 Å². The zero-order chi connectivity index (χ0) is 12.3. The highest BCUT2D eigenvalue weighted by Crippen LogP contribution is 2.17. The summed E-state index contributed by atoms with van der Waals surface area (Å²) in [6, 6.07) is 6.39. The van der Waals surface area contributed by atoms with Crippen molar-refractivity contribution in [3.63, 3.8) is 0 Å². The van der Waals surface area contributed by atoms with E-state index in [-0.39, 0.29) is 0 Å². The van der Waals surface area contributed by atoms with Crippen LogP contribution in [0.5, 0.6) is 0 Å². The molecule has 1 aromatic rings. The molecule has 0 radical (unpaired) electrons. The van der Waals surface area contributed by atoms with Gasteiger partial charge in [-0.1, -0.05) is 6.07 Å². The van der Waals surface area contributed by atoms with Crippen LogP contribution in [0.1, 0.15) is 18.4 Å². The van der Waals surface area contributed by atoms with Crippen LogP contribution < -0.4 is 5.32 Å². The number of aryl methyl sites for hydroxylation is 1. The second-order valence-electron chi connectivity index (χ2n) is 4.46. The molecule has 1 heterocycles. The molecule has 0 unspecified atom stereocenters. The molecular formula is C13H17IN2O. The Morgan fingerprint density at radius 1 is 1.35 bits per heavy atom. The minimum atomic E-state index is 0.395. The van der Waals surface area contributed by atoms with Gasteiger partial charge in [-0.05, 0) is 47.2 Å². The number of halogens is 1. The number of ketones is 1. The lowest BCUT2D eigenvalue weighted by Gasteiger charge is -2.26. The van der Waals surface area contributed by atoms with Crippen LogP contribution in [0.3, 0.4) is 0 Å². The third-order valence-corrected chi connectivity index (χ3v) is 4.25. The molecule has 1 N–H and O–H groups in total. The van der Waals surface area contributed by atoms with Crippen molar-refractivity contribution in [2.24, 2.45) is 0 Å². The van der Waals surface area contributed by atoms with Gasteiger partial charge >= 0.3 is 0 Å². The van der Waals surface area contributed by atoms with Crippen molar-refractivity contribution in [3.8, 4) is 0 Å². The number of carbonyl (C=O) groups is 1. The van der Waals surface area contributed by atoms with Crippen molar-refractivity contribution in [3.05, 3.63) is 27.3 Å². The minimum absolute atomic E-state index is 0.395. The van der Waals surface area contributed by atoms with Crippen LogP contribution in [0.2, 0.25) is 0 Å². The van der Waals surface area contributed by atoms with Crippen LogP contribution in [-0.2, 0) is 4.79 Å². The van der Waals surface area contributed by atoms with Crippen LogP contribution in [0, 0.1) is 10.5 Å². The minimum Gasteiger partial charge on any atom is -0.372 e. The van der Waals surface area contributed by atoms with Crippen molar-refractivity contribution in [1.82, 2.24) is 4.90 Å². The summed E-state index contributed by atoms with van der Waals surface area (Å²) in [4.78, 5) is 13.4. The van der Waals surface area contributed by atoms with Crippen LogP contribution in [0.25, 0.3) is 0 Å². The van der Waals surface area contributed by atoms with E-state index < -0.39 is 0 Å². The van der Waals surface area contributed by atoms with E-state index in [1.165, 1.54) is 9.13 Å². The summed E-state index contributed by atoms with van der Waals surface area (Å²) in [6.45, 7) is 4.71. The molecule has 0 amide bonds. The first kappa shape index (κ1) is 12.8. The number of benzene rings is 1. The highest BCUT2D eigenvalue weighted by atomic mass is 127. The number of Topliss-reactive ketones (excluding diaryl/α,β-unsaturated/α-hetero) is 1. The Balaban J connectivity index is 1.85. The lowest BCUT2D eigenvalue weighted by atomic mass is 10.1. The molecule has 3 nitrogen and oxygen atoms in total. The summed E-state index contributed by atoms with van der Waals surface area (Å²) >= 11 is 2.35. The van der Waals surface area contributed by atoms with E-state index in [0.717, 1.165) is 25.4 Å². The largest absolute Gasteiger partial charge is 0.372 e. The Labute approximate surface area is 116 Å². The molecule has 17 heavy (non-hydrogen) atoms. The van der Waals surface area contributed by atoms with Gasteiger partial charge in [-0.3, -0.25) is 9.69 Å². The molecule has 92 valence electrons. The summed E-state index contributed by atoms with van der Waals surface area (Å²) in [5, 5.41) is 3.41. The summed E-state index contributed by atoms with van der Waals surface area (Å²) in [7, 11) is 0. The SMILES string of the molecule is Cc1ccc(NCN2CCC(=O)CC2)cc1I. The van der Waals surface area contributed by atoms with Gasteiger partial charge in [-0.15, -0.1) is 0 Å². The van der Waals surface area contributed by atoms with Crippen molar-refractivity contribution in [2.45, 2.75) is 19.8 Å². The summed E-state index contributed by atoms with van der Waals surface area (Å²) in [5.74, 6) is 0.395. The van der Waals surface area contributed by atoms with E-state index in [9.17, 15) is 4.79 Å². The summed E-state index contributed by atoms with van der Waals surface area (Å²) in [6.07, 6.45) is 1.40. The summed E-state index contributed by atoms with van der Waals surface area (Å²) in [5.41, 5.74) is 2.46. The smallest absolute Gasteiger partial charge is 0.135 e. The number of hydrogen-bond donors (Lipinski definition) is 1. The molecule has 2 rings (SSSR count). The third-order valence-electron chi connectivity index (χ3n) is 3.09. The molecule has 1 aliphatic heterocycles. The highest BCUT2D eigenvalue weighted by Gasteiger charge is 2.15. The predicted molar refractivity (Wildman–Crippen MR) is 78.2 cm³/mol. The average Bonchev–Trinajstić information content (AvgIpc) is 2.33. The highest BCUT2D eigenvalue weighted by molar-refractivity contribution is 14.1. The second-order valence-corrected chi connectivity index (χ2v) is 5.62. The Morgan fingerprint density at radius 3 is 2.71 bits per heavy atom. The van der Waals surface area contributed by atoms with Gasteiger partial charge in [0.15, 0.2) is 0 Å². The molecule has 1 aromatic carbocycles. The van der Waals surface area contributed by atoms with Crippen LogP contribution in [0.4, 0.5) is 5.69 Å². The lowest BCUT2D eigenvalue weighted by molar-refractivity contribution is -0.121. The maximum Gasteiger partial charge on any atom is 0.135 e. The molecular weight excluding hydrogens is 327 g/mol. The van der Waals surface area contributed by atoms with E-state index in [1.807, 2.05) is 0 Å². The molecule has 0 atom stereocenters.